The fourth-order valence-electron chi connectivity index (χ4n) is 18.5. The Hall–Kier alpha value is -16.5. The van der Waals surface area contributed by atoms with Crippen LogP contribution in [0.15, 0.2) is 252 Å². The average Bonchev–Trinajstić information content (AvgIpc) is 0.985. The van der Waals surface area contributed by atoms with Gasteiger partial charge in [-0.2, -0.15) is 0 Å². The molecule has 4 unspecified atom stereocenters. The van der Waals surface area contributed by atoms with E-state index in [9.17, 15) is 9.59 Å². The van der Waals surface area contributed by atoms with Gasteiger partial charge in [-0.3, -0.25) is 48.5 Å². The Balaban J connectivity index is 0.852. The Morgan fingerprint density at radius 3 is 0.993 bits per heavy atom. The molecule has 8 heterocycles. The molecule has 6 amide bonds. The zero-order chi connectivity index (χ0) is 93.6. The molecule has 0 radical (unpaired) electrons. The van der Waals surface area contributed by atoms with Crippen molar-refractivity contribution in [1.82, 2.24) is 19.8 Å². The minimum Gasteiger partial charge on any atom is -0.497 e. The molecule has 136 heavy (non-hydrogen) atoms. The van der Waals surface area contributed by atoms with Crippen molar-refractivity contribution in [2.45, 2.75) is 64.8 Å². The molecule has 28 heteroatoms. The number of para-hydroxylation sites is 4. The van der Waals surface area contributed by atoms with E-state index in [1.807, 2.05) is 100 Å². The molecule has 4 aliphatic heterocycles. The van der Waals surface area contributed by atoms with Gasteiger partial charge in [0.2, 0.25) is 0 Å². The maximum Gasteiger partial charge on any atom is 0.339 e. The number of furan rings is 2. The number of ether oxygens (including phenoxy) is 12. The number of pyridine rings is 2. The van der Waals surface area contributed by atoms with Crippen LogP contribution in [-0.4, -0.2) is 159 Å². The molecule has 0 spiro atoms. The molecule has 4 aromatic heterocycles. The van der Waals surface area contributed by atoms with Crippen LogP contribution in [0.2, 0.25) is 0 Å². The molecular weight excluding hydrogens is 1730 g/mol. The number of epoxide rings is 2. The van der Waals surface area contributed by atoms with E-state index in [1.54, 1.807) is 109 Å². The molecule has 0 saturated carbocycles. The summed E-state index contributed by atoms with van der Waals surface area (Å²) in [7, 11) is 5.96. The number of hydrogen-bond donors (Lipinski definition) is 0. The number of rotatable bonds is 32. The number of benzene rings is 13. The Bertz CT molecular complexity index is 7120. The lowest BCUT2D eigenvalue weighted by atomic mass is 9.80. The first-order valence-electron chi connectivity index (χ1n) is 44.4. The Labute approximate surface area is 776 Å². The van der Waals surface area contributed by atoms with Gasteiger partial charge in [-0.05, 0) is 120 Å². The summed E-state index contributed by atoms with van der Waals surface area (Å²) < 4.78 is 88.8. The van der Waals surface area contributed by atoms with E-state index in [-0.39, 0.29) is 197 Å². The summed E-state index contributed by atoms with van der Waals surface area (Å²) >= 11 is 0. The zero-order valence-electron chi connectivity index (χ0n) is 74.9. The molecule has 2 fully saturated rings. The maximum absolute atomic E-state index is 17.6. The second kappa shape index (κ2) is 35.3. The van der Waals surface area contributed by atoms with Crippen LogP contribution in [0.5, 0.6) is 69.0 Å². The van der Waals surface area contributed by atoms with E-state index >= 15 is 28.8 Å². The summed E-state index contributed by atoms with van der Waals surface area (Å²) in [6.07, 6.45) is 4.24. The van der Waals surface area contributed by atoms with E-state index < -0.39 is 59.5 Å². The number of anilines is 2. The highest BCUT2D eigenvalue weighted by atomic mass is 16.6. The second-order valence-corrected chi connectivity index (χ2v) is 34.7. The van der Waals surface area contributed by atoms with Crippen molar-refractivity contribution >= 4 is 146 Å². The van der Waals surface area contributed by atoms with Crippen LogP contribution in [-0.2, 0) is 41.4 Å². The van der Waals surface area contributed by atoms with Gasteiger partial charge in [-0.15, -0.1) is 0 Å². The van der Waals surface area contributed by atoms with Gasteiger partial charge in [0, 0.05) is 127 Å². The molecule has 0 bridgehead atoms. The van der Waals surface area contributed by atoms with E-state index in [4.69, 9.17) is 65.7 Å². The standard InChI is InChI=1S/C108H86N6O22/c1-57(2)51-111(63-35-61(47-109-49-63)107(121)129-55-73-53-127-73)105(119)83(37-59-19-13-31-77-75-29-9-11-33-85(75)135-99(59)77)113-101(115)79-43-87(131-69-25-15-21-65(39-69)123-5)93-95-89(133-71-27-17-23-67(41-71)125-7)45-81-92-82(46-90(134-72-28-18-24-68(42-72)126-8)96(98(92)95)94-88(44-80(102(113)116)91(79)97(93)94)132-70-26-16-22-66(40-70)124-6)104(118)114(103(81)117)84(38-60-20-14-32-78-76-30-10-12-34-86(76)136-100(60)78)106(120)112(52-58(3)4)64-36-62(48-110-50-64)108(122)130-56-74-54-128-74/h9-36,39-50,57-58,73-74,83-84H,37-38,51-56H2,1-8H3. The van der Waals surface area contributed by atoms with Gasteiger partial charge in [0.1, 0.15) is 129 Å². The van der Waals surface area contributed by atoms with Gasteiger partial charge in [0.25, 0.3) is 35.4 Å². The van der Waals surface area contributed by atoms with Gasteiger partial charge in [-0.25, -0.2) is 9.59 Å². The third-order valence-electron chi connectivity index (χ3n) is 24.8. The number of amides is 6. The molecular formula is C108H86N6O22. The highest BCUT2D eigenvalue weighted by molar-refractivity contribution is 6.45. The minimum absolute atomic E-state index is 0.0122. The van der Waals surface area contributed by atoms with Crippen molar-refractivity contribution < 1.29 is 104 Å². The minimum atomic E-state index is -1.78. The second-order valence-electron chi connectivity index (χ2n) is 34.7. The number of carbonyl (C=O) groups is 8. The summed E-state index contributed by atoms with van der Waals surface area (Å²) in [5.41, 5.74) is 2.33. The number of imide groups is 2. The van der Waals surface area contributed by atoms with E-state index in [0.717, 1.165) is 20.6 Å². The molecule has 21 rings (SSSR count). The van der Waals surface area contributed by atoms with Crippen molar-refractivity contribution in [2.24, 2.45) is 11.8 Å². The molecule has 0 N–H and O–H groups in total. The maximum atomic E-state index is 17.6. The molecule has 2 saturated heterocycles. The summed E-state index contributed by atoms with van der Waals surface area (Å²) in [6, 6.07) is 58.1. The largest absolute Gasteiger partial charge is 0.497 e. The lowest BCUT2D eigenvalue weighted by Gasteiger charge is -2.38. The fraction of sp³-hybridized carbons (Fsp3) is 0.204. The van der Waals surface area contributed by atoms with Gasteiger partial charge in [0.05, 0.1) is 98.8 Å². The van der Waals surface area contributed by atoms with Crippen molar-refractivity contribution in [3.8, 4) is 69.0 Å². The molecule has 13 aromatic carbocycles. The Morgan fingerprint density at radius 2 is 0.676 bits per heavy atom. The molecule has 680 valence electrons. The topological polar surface area (TPSA) is 319 Å². The van der Waals surface area contributed by atoms with Crippen molar-refractivity contribution in [2.75, 3.05) is 77.8 Å². The van der Waals surface area contributed by atoms with Crippen LogP contribution < -0.4 is 47.7 Å². The predicted octanol–water partition coefficient (Wildman–Crippen LogP) is 20.4. The van der Waals surface area contributed by atoms with Gasteiger partial charge in [0.15, 0.2) is 0 Å². The molecule has 4 aliphatic rings. The van der Waals surface area contributed by atoms with Gasteiger partial charge in [-0.1, -0.05) is 125 Å². The van der Waals surface area contributed by atoms with Crippen molar-refractivity contribution in [3.05, 3.63) is 288 Å². The Morgan fingerprint density at radius 1 is 0.368 bits per heavy atom. The third-order valence-corrected chi connectivity index (χ3v) is 24.8. The molecule has 4 atom stereocenters. The zero-order valence-corrected chi connectivity index (χ0v) is 74.9. The molecule has 0 aliphatic carbocycles. The van der Waals surface area contributed by atoms with Crippen molar-refractivity contribution in [3.63, 3.8) is 0 Å². The smallest absolute Gasteiger partial charge is 0.339 e. The summed E-state index contributed by atoms with van der Waals surface area (Å²) in [6.45, 7) is 8.33. The van der Waals surface area contributed by atoms with Crippen molar-refractivity contribution in [1.29, 1.82) is 0 Å². The molecule has 28 nitrogen and oxygen atoms in total. The number of carbonyl (C=O) groups excluding carboxylic acids is 8. The van der Waals surface area contributed by atoms with E-state index in [2.05, 4.69) is 9.97 Å². The fourth-order valence-corrected chi connectivity index (χ4v) is 18.5. The summed E-state index contributed by atoms with van der Waals surface area (Å²) in [4.78, 5) is 146. The van der Waals surface area contributed by atoms with E-state index in [1.165, 1.54) is 99.4 Å². The number of aromatic nitrogens is 2. The number of hydrogen-bond acceptors (Lipinski definition) is 24. The average molecular weight is 1820 g/mol. The number of methoxy groups -OCH3 is 4. The summed E-state index contributed by atoms with van der Waals surface area (Å²) in [5, 5.41) is 3.55. The summed E-state index contributed by atoms with van der Waals surface area (Å²) in [5.74, 6) is -5.88. The normalized spacial score (nSPS) is 14.9. The third kappa shape index (κ3) is 15.8. The first-order valence-corrected chi connectivity index (χ1v) is 44.4. The van der Waals surface area contributed by atoms with Crippen LogP contribution in [0.4, 0.5) is 11.4 Å². The van der Waals surface area contributed by atoms with Crippen LogP contribution in [0.25, 0.3) is 87.0 Å². The van der Waals surface area contributed by atoms with Crippen LogP contribution >= 0.6 is 0 Å². The molecule has 17 aromatic rings. The lowest BCUT2D eigenvalue weighted by Crippen LogP contribution is -2.56. The number of fused-ring (bicyclic) bond motifs is 8. The predicted molar refractivity (Wildman–Crippen MR) is 506 cm³/mol. The van der Waals surface area contributed by atoms with Crippen LogP contribution in [0.1, 0.15) is 101 Å². The highest BCUT2D eigenvalue weighted by Gasteiger charge is 2.49. The SMILES string of the molecule is COc1cccc(Oc2cc3c4c(cc(Oc5cccc(OC)c5)c5c6c(Oc7cccc(OC)c7)cc7c8c(cc(Oc9cccc(OC)c9)c(c2c45)c86)C(=O)N(C(Cc2cccc4c2oc2ccccc24)C(=O)N(CC(C)C)c2cncc(C(=O)OCC4CO4)c2)C7=O)C(=O)N(C(Cc2cccc4c2oc2ccccc24)C(=O)N(CC(C)C)c2cncc(C(=O)OCC4CO4)c2)C3=O)c1. The number of esters is 2. The Kier molecular flexibility index (Phi) is 22.4. The van der Waals surface area contributed by atoms with E-state index in [0.29, 0.717) is 80.4 Å². The van der Waals surface area contributed by atoms with Crippen LogP contribution in [0, 0.1) is 11.8 Å². The number of nitrogens with zero attached hydrogens (tertiary/aromatic N) is 6. The van der Waals surface area contributed by atoms with Crippen LogP contribution in [0.3, 0.4) is 0 Å². The lowest BCUT2D eigenvalue weighted by molar-refractivity contribution is -0.123. The quantitative estimate of drug-likeness (QED) is 0.0124. The monoisotopic (exact) mass is 1820 g/mol. The highest BCUT2D eigenvalue weighted by Crippen LogP contribution is 2.59. The first kappa shape index (κ1) is 86.3. The van der Waals surface area contributed by atoms with Gasteiger partial charge < -0.3 is 75.5 Å². The first-order chi connectivity index (χ1) is 66.2. The van der Waals surface area contributed by atoms with Gasteiger partial charge >= 0.3 is 11.9 Å².